The van der Waals surface area contributed by atoms with E-state index < -0.39 is 0 Å². The van der Waals surface area contributed by atoms with Crippen LogP contribution in [0.15, 0.2) is 30.6 Å². The second-order valence-corrected chi connectivity index (χ2v) is 4.27. The van der Waals surface area contributed by atoms with E-state index in [1.54, 1.807) is 0 Å². The molecular weight excluding hydrogens is 198 g/mol. The molecule has 2 aromatic rings. The summed E-state index contributed by atoms with van der Waals surface area (Å²) >= 11 is 0. The van der Waals surface area contributed by atoms with Gasteiger partial charge in [-0.1, -0.05) is 19.4 Å². The Bertz CT molecular complexity index is 414. The number of fused-ring (bicyclic) bond motifs is 1. The molecule has 1 atom stereocenters. The van der Waals surface area contributed by atoms with Gasteiger partial charge in [0, 0.05) is 25.0 Å². The molecule has 1 N–H and O–H groups in total. The van der Waals surface area contributed by atoms with E-state index in [9.17, 15) is 0 Å². The highest BCUT2D eigenvalue weighted by molar-refractivity contribution is 5.39. The first kappa shape index (κ1) is 11.1. The molecule has 0 aliphatic rings. The van der Waals surface area contributed by atoms with Gasteiger partial charge in [0.1, 0.15) is 5.65 Å². The van der Waals surface area contributed by atoms with Crippen molar-refractivity contribution in [3.63, 3.8) is 0 Å². The van der Waals surface area contributed by atoms with Crippen molar-refractivity contribution in [2.75, 3.05) is 0 Å². The predicted molar refractivity (Wildman–Crippen MR) is 66.4 cm³/mol. The molecule has 16 heavy (non-hydrogen) atoms. The number of nitrogens with zero attached hydrogens (tertiary/aromatic N) is 2. The van der Waals surface area contributed by atoms with Crippen molar-refractivity contribution < 1.29 is 0 Å². The summed E-state index contributed by atoms with van der Waals surface area (Å²) in [6, 6.07) is 6.62. The van der Waals surface area contributed by atoms with Gasteiger partial charge in [-0.05, 0) is 25.5 Å². The number of hydrogen-bond donors (Lipinski definition) is 1. The Labute approximate surface area is 96.5 Å². The lowest BCUT2D eigenvalue weighted by Gasteiger charge is -2.10. The Kier molecular flexibility index (Phi) is 3.57. The molecule has 86 valence electrons. The molecule has 0 radical (unpaired) electrons. The van der Waals surface area contributed by atoms with Crippen LogP contribution in [-0.2, 0) is 6.54 Å². The van der Waals surface area contributed by atoms with Gasteiger partial charge in [-0.3, -0.25) is 0 Å². The molecular formula is C13H19N3. The molecule has 0 amide bonds. The average molecular weight is 217 g/mol. The minimum absolute atomic E-state index is 0.565. The number of nitrogens with one attached hydrogen (secondary N) is 1. The Balaban J connectivity index is 1.99. The molecule has 0 saturated carbocycles. The molecule has 0 spiro atoms. The zero-order chi connectivity index (χ0) is 11.4. The van der Waals surface area contributed by atoms with Crippen LogP contribution in [0.25, 0.3) is 5.65 Å². The van der Waals surface area contributed by atoms with Crippen molar-refractivity contribution in [3.05, 3.63) is 36.3 Å². The fourth-order valence-corrected chi connectivity index (χ4v) is 1.89. The smallest absolute Gasteiger partial charge is 0.137 e. The van der Waals surface area contributed by atoms with Crippen molar-refractivity contribution in [1.29, 1.82) is 0 Å². The van der Waals surface area contributed by atoms with Crippen LogP contribution in [0.3, 0.4) is 0 Å². The number of hydrogen-bond acceptors (Lipinski definition) is 2. The SMILES string of the molecule is CCCC(C)NCc1cn2ccccc2n1. The molecule has 0 fully saturated rings. The number of aromatic nitrogens is 2. The highest BCUT2D eigenvalue weighted by Crippen LogP contribution is 2.05. The summed E-state index contributed by atoms with van der Waals surface area (Å²) < 4.78 is 2.06. The van der Waals surface area contributed by atoms with Crippen LogP contribution in [0.4, 0.5) is 0 Å². The average Bonchev–Trinajstić information content (AvgIpc) is 2.69. The lowest BCUT2D eigenvalue weighted by atomic mass is 10.2. The fraction of sp³-hybridized carbons (Fsp3) is 0.462. The standard InChI is InChI=1S/C13H19N3/c1-3-6-11(2)14-9-12-10-16-8-5-4-7-13(16)15-12/h4-5,7-8,10-11,14H,3,6,9H2,1-2H3. The van der Waals surface area contributed by atoms with Crippen LogP contribution in [0.1, 0.15) is 32.4 Å². The van der Waals surface area contributed by atoms with E-state index in [4.69, 9.17) is 0 Å². The second-order valence-electron chi connectivity index (χ2n) is 4.27. The van der Waals surface area contributed by atoms with Crippen LogP contribution < -0.4 is 5.32 Å². The van der Waals surface area contributed by atoms with E-state index >= 15 is 0 Å². The summed E-state index contributed by atoms with van der Waals surface area (Å²) in [4.78, 5) is 4.55. The minimum Gasteiger partial charge on any atom is -0.309 e. The first-order valence-corrected chi connectivity index (χ1v) is 5.95. The van der Waals surface area contributed by atoms with Gasteiger partial charge >= 0.3 is 0 Å². The number of pyridine rings is 1. The molecule has 3 heteroatoms. The third-order valence-electron chi connectivity index (χ3n) is 2.77. The molecule has 0 aliphatic heterocycles. The maximum absolute atomic E-state index is 4.55. The van der Waals surface area contributed by atoms with Gasteiger partial charge in [0.05, 0.1) is 5.69 Å². The largest absolute Gasteiger partial charge is 0.309 e. The monoisotopic (exact) mass is 217 g/mol. The van der Waals surface area contributed by atoms with Crippen molar-refractivity contribution in [2.24, 2.45) is 0 Å². The van der Waals surface area contributed by atoms with Crippen LogP contribution in [0.5, 0.6) is 0 Å². The van der Waals surface area contributed by atoms with Gasteiger partial charge in [0.15, 0.2) is 0 Å². The quantitative estimate of drug-likeness (QED) is 0.834. The van der Waals surface area contributed by atoms with Gasteiger partial charge < -0.3 is 9.72 Å². The van der Waals surface area contributed by atoms with Crippen molar-refractivity contribution >= 4 is 5.65 Å². The first-order chi connectivity index (χ1) is 7.79. The predicted octanol–water partition coefficient (Wildman–Crippen LogP) is 2.61. The zero-order valence-corrected chi connectivity index (χ0v) is 9.98. The molecule has 0 aliphatic carbocycles. The Morgan fingerprint density at radius 1 is 1.44 bits per heavy atom. The summed E-state index contributed by atoms with van der Waals surface area (Å²) in [6.45, 7) is 5.28. The van der Waals surface area contributed by atoms with Crippen LogP contribution >= 0.6 is 0 Å². The topological polar surface area (TPSA) is 29.3 Å². The van der Waals surface area contributed by atoms with Crippen molar-refractivity contribution in [2.45, 2.75) is 39.3 Å². The number of imidazole rings is 1. The second kappa shape index (κ2) is 5.12. The third kappa shape index (κ3) is 2.61. The van der Waals surface area contributed by atoms with E-state index in [1.807, 2.05) is 24.4 Å². The normalized spacial score (nSPS) is 13.1. The molecule has 1 unspecified atom stereocenters. The molecule has 2 aromatic heterocycles. The molecule has 0 saturated heterocycles. The van der Waals surface area contributed by atoms with Crippen molar-refractivity contribution in [1.82, 2.24) is 14.7 Å². The highest BCUT2D eigenvalue weighted by atomic mass is 15.0. The van der Waals surface area contributed by atoms with Gasteiger partial charge in [-0.15, -0.1) is 0 Å². The highest BCUT2D eigenvalue weighted by Gasteiger charge is 2.03. The maximum Gasteiger partial charge on any atom is 0.137 e. The molecule has 0 aromatic carbocycles. The summed E-state index contributed by atoms with van der Waals surface area (Å²) in [5.41, 5.74) is 2.12. The summed E-state index contributed by atoms with van der Waals surface area (Å²) in [6.07, 6.45) is 6.55. The lowest BCUT2D eigenvalue weighted by molar-refractivity contribution is 0.505. The zero-order valence-electron chi connectivity index (χ0n) is 9.98. The summed E-state index contributed by atoms with van der Waals surface area (Å²) in [5.74, 6) is 0. The van der Waals surface area contributed by atoms with Gasteiger partial charge in [-0.2, -0.15) is 0 Å². The van der Waals surface area contributed by atoms with Gasteiger partial charge in [-0.25, -0.2) is 4.98 Å². The Morgan fingerprint density at radius 3 is 3.06 bits per heavy atom. The first-order valence-electron chi connectivity index (χ1n) is 5.95. The molecule has 3 nitrogen and oxygen atoms in total. The van der Waals surface area contributed by atoms with E-state index in [2.05, 4.69) is 34.7 Å². The minimum atomic E-state index is 0.565. The molecule has 2 rings (SSSR count). The Morgan fingerprint density at radius 2 is 2.31 bits per heavy atom. The third-order valence-corrected chi connectivity index (χ3v) is 2.77. The summed E-state index contributed by atoms with van der Waals surface area (Å²) in [5, 5.41) is 3.48. The van der Waals surface area contributed by atoms with E-state index in [1.165, 1.54) is 12.8 Å². The van der Waals surface area contributed by atoms with E-state index in [-0.39, 0.29) is 0 Å². The molecule has 0 bridgehead atoms. The number of rotatable bonds is 5. The van der Waals surface area contributed by atoms with Gasteiger partial charge in [0.25, 0.3) is 0 Å². The fourth-order valence-electron chi connectivity index (χ4n) is 1.89. The summed E-state index contributed by atoms with van der Waals surface area (Å²) in [7, 11) is 0. The van der Waals surface area contributed by atoms with Crippen molar-refractivity contribution in [3.8, 4) is 0 Å². The maximum atomic E-state index is 4.55. The van der Waals surface area contributed by atoms with Crippen LogP contribution in [0.2, 0.25) is 0 Å². The van der Waals surface area contributed by atoms with E-state index in [0.29, 0.717) is 6.04 Å². The lowest BCUT2D eigenvalue weighted by Crippen LogP contribution is -2.25. The van der Waals surface area contributed by atoms with Crippen LogP contribution in [0, 0.1) is 0 Å². The van der Waals surface area contributed by atoms with Crippen LogP contribution in [-0.4, -0.2) is 15.4 Å². The van der Waals surface area contributed by atoms with Gasteiger partial charge in [0.2, 0.25) is 0 Å². The van der Waals surface area contributed by atoms with E-state index in [0.717, 1.165) is 17.9 Å². The molecule has 2 heterocycles. The Hall–Kier alpha value is -1.35.